The number of nitrogens with two attached hydrogens (primary N) is 1. The molecule has 0 spiro atoms. The van der Waals surface area contributed by atoms with Gasteiger partial charge in [-0.15, -0.1) is 4.36 Å². The van der Waals surface area contributed by atoms with Gasteiger partial charge < -0.3 is 10.1 Å². The minimum absolute atomic E-state index is 0.0245. The second-order valence-corrected chi connectivity index (χ2v) is 10.8. The van der Waals surface area contributed by atoms with Gasteiger partial charge >= 0.3 is 6.09 Å². The van der Waals surface area contributed by atoms with E-state index >= 15 is 0 Å². The summed E-state index contributed by atoms with van der Waals surface area (Å²) in [6.45, 7) is 8.79. The summed E-state index contributed by atoms with van der Waals surface area (Å²) >= 11 is 12.3. The third-order valence-corrected chi connectivity index (χ3v) is 6.31. The Balaban J connectivity index is 3.10. The van der Waals surface area contributed by atoms with E-state index in [1.165, 1.54) is 0 Å². The maximum absolute atomic E-state index is 12.6. The minimum atomic E-state index is -3.65. The summed E-state index contributed by atoms with van der Waals surface area (Å²) < 4.78 is 21.3. The number of amides is 2. The van der Waals surface area contributed by atoms with Gasteiger partial charge in [0, 0.05) is 0 Å². The maximum atomic E-state index is 12.6. The van der Waals surface area contributed by atoms with Crippen LogP contribution in [0.2, 0.25) is 9.62 Å². The third-order valence-electron chi connectivity index (χ3n) is 2.72. The van der Waals surface area contributed by atoms with Crippen molar-refractivity contribution in [3.63, 3.8) is 0 Å². The van der Waals surface area contributed by atoms with E-state index in [1.807, 2.05) is 13.8 Å². The Morgan fingerprint density at radius 1 is 1.38 bits per heavy atom. The molecule has 2 amide bonds. The molecule has 0 radical (unpaired) electrons. The number of thiazole rings is 1. The number of hydrogen-bond acceptors (Lipinski definition) is 6. The average Bonchev–Trinajstić information content (AvgIpc) is 2.74. The van der Waals surface area contributed by atoms with Crippen LogP contribution in [-0.2, 0) is 19.4 Å². The Morgan fingerprint density at radius 2 is 1.96 bits per heavy atom. The Kier molecular flexibility index (Phi) is 7.85. The highest BCUT2D eigenvalue weighted by Gasteiger charge is 2.27. The molecule has 12 heteroatoms. The number of nitrogens with zero attached hydrogens (tertiary/aromatic N) is 2. The Bertz CT molecular complexity index is 795. The summed E-state index contributed by atoms with van der Waals surface area (Å²) in [5.41, 5.74) is -0.735. The molecule has 1 rings (SSSR count). The fourth-order valence-electron chi connectivity index (χ4n) is 1.83. The van der Waals surface area contributed by atoms with Gasteiger partial charge in [0.1, 0.15) is 11.6 Å². The molecular formula is C14H22Cl2N4O4S2. The first-order valence-corrected chi connectivity index (χ1v) is 10.8. The Morgan fingerprint density at radius 3 is 2.38 bits per heavy atom. The highest BCUT2D eigenvalue weighted by atomic mass is 35.5. The smallest absolute Gasteiger partial charge is 0.408 e. The van der Waals surface area contributed by atoms with Gasteiger partial charge in [-0.25, -0.2) is 19.1 Å². The lowest BCUT2D eigenvalue weighted by Crippen LogP contribution is -2.44. The van der Waals surface area contributed by atoms with Gasteiger partial charge in [-0.05, 0) is 33.1 Å². The molecule has 1 aromatic rings. The normalized spacial score (nSPS) is 15.3. The molecule has 0 bridgehead atoms. The van der Waals surface area contributed by atoms with Crippen molar-refractivity contribution in [2.45, 2.75) is 56.9 Å². The summed E-state index contributed by atoms with van der Waals surface area (Å²) in [6, 6.07) is -1.05. The van der Waals surface area contributed by atoms with Crippen LogP contribution in [0.15, 0.2) is 8.57 Å². The monoisotopic (exact) mass is 444 g/mol. The zero-order chi connectivity index (χ0) is 20.3. The lowest BCUT2D eigenvalue weighted by atomic mass is 10.0. The maximum Gasteiger partial charge on any atom is 0.408 e. The van der Waals surface area contributed by atoms with Crippen LogP contribution in [0.1, 0.15) is 41.0 Å². The Hall–Kier alpha value is -0.940. The predicted molar refractivity (Wildman–Crippen MR) is 103 cm³/mol. The van der Waals surface area contributed by atoms with Crippen LogP contribution < -0.4 is 10.5 Å². The van der Waals surface area contributed by atoms with Gasteiger partial charge in [0.25, 0.3) is 5.91 Å². The fraction of sp³-hybridized carbons (Fsp3) is 0.643. The number of rotatable bonds is 5. The second-order valence-electron chi connectivity index (χ2n) is 6.87. The third kappa shape index (κ3) is 7.36. The first-order chi connectivity index (χ1) is 11.7. The largest absolute Gasteiger partial charge is 0.444 e. The van der Waals surface area contributed by atoms with Crippen LogP contribution in [0.3, 0.4) is 0 Å². The summed E-state index contributed by atoms with van der Waals surface area (Å²) in [7, 11) is -3.65. The number of carbonyl (C=O) groups is 2. The van der Waals surface area contributed by atoms with Crippen LogP contribution >= 0.6 is 34.5 Å². The summed E-state index contributed by atoms with van der Waals surface area (Å²) in [4.78, 5) is 28.2. The van der Waals surface area contributed by atoms with Gasteiger partial charge in [0.15, 0.2) is 23.7 Å². The first kappa shape index (κ1) is 23.1. The molecule has 1 unspecified atom stereocenters. The van der Waals surface area contributed by atoms with Crippen molar-refractivity contribution < 1.29 is 18.5 Å². The van der Waals surface area contributed by atoms with E-state index in [0.717, 1.165) is 11.3 Å². The van der Waals surface area contributed by atoms with Crippen molar-refractivity contribution >= 4 is 56.5 Å². The minimum Gasteiger partial charge on any atom is -0.444 e. The van der Waals surface area contributed by atoms with Gasteiger partial charge in [0.05, 0.1) is 0 Å². The topological polar surface area (TPSA) is 124 Å². The summed E-state index contributed by atoms with van der Waals surface area (Å²) in [5, 5.41) is 7.94. The lowest BCUT2D eigenvalue weighted by Gasteiger charge is -2.23. The molecule has 148 valence electrons. The molecule has 2 atom stereocenters. The molecule has 0 aliphatic heterocycles. The highest BCUT2D eigenvalue weighted by Crippen LogP contribution is 2.30. The van der Waals surface area contributed by atoms with Crippen LogP contribution in [0.5, 0.6) is 0 Å². The van der Waals surface area contributed by atoms with Gasteiger partial charge in [0.2, 0.25) is 0 Å². The van der Waals surface area contributed by atoms with Gasteiger partial charge in [-0.1, -0.05) is 48.4 Å². The van der Waals surface area contributed by atoms with Crippen molar-refractivity contribution in [3.05, 3.63) is 9.62 Å². The van der Waals surface area contributed by atoms with E-state index in [-0.39, 0.29) is 26.2 Å². The summed E-state index contributed by atoms with van der Waals surface area (Å²) in [5.74, 6) is -0.804. The Labute approximate surface area is 167 Å². The first-order valence-electron chi connectivity index (χ1n) is 7.61. The summed E-state index contributed by atoms with van der Waals surface area (Å²) in [6.07, 6.45) is -0.525. The predicted octanol–water partition coefficient (Wildman–Crippen LogP) is 3.62. The highest BCUT2D eigenvalue weighted by molar-refractivity contribution is 7.93. The van der Waals surface area contributed by atoms with E-state index in [0.29, 0.717) is 0 Å². The lowest BCUT2D eigenvalue weighted by molar-refractivity contribution is -0.120. The molecule has 0 fully saturated rings. The molecule has 0 aromatic carbocycles. The molecule has 3 N–H and O–H groups in total. The number of alkyl carbamates (subject to hydrolysis) is 1. The molecule has 1 heterocycles. The van der Waals surface area contributed by atoms with Crippen LogP contribution in [0.25, 0.3) is 0 Å². The zero-order valence-electron chi connectivity index (χ0n) is 15.0. The molecule has 1 aromatic heterocycles. The second kappa shape index (κ2) is 8.83. The number of ether oxygens (including phenoxy) is 1. The molecule has 8 nitrogen and oxygen atoms in total. The fourth-order valence-corrected chi connectivity index (χ4v) is 4.91. The van der Waals surface area contributed by atoms with Crippen LogP contribution in [0.4, 0.5) is 4.79 Å². The van der Waals surface area contributed by atoms with Crippen molar-refractivity contribution in [2.24, 2.45) is 15.4 Å². The van der Waals surface area contributed by atoms with Gasteiger partial charge in [-0.3, -0.25) is 4.79 Å². The van der Waals surface area contributed by atoms with Crippen molar-refractivity contribution in [2.75, 3.05) is 0 Å². The number of carbonyl (C=O) groups excluding carboxylic acids is 2. The zero-order valence-corrected chi connectivity index (χ0v) is 18.2. The SMILES string of the molecule is CC(C)C[C@H](NC(=O)OC(C)(C)C)C(=O)N=S(N)(=O)c1sc(Cl)nc1Cl. The van der Waals surface area contributed by atoms with E-state index in [2.05, 4.69) is 14.7 Å². The van der Waals surface area contributed by atoms with E-state index in [1.54, 1.807) is 20.8 Å². The molecular weight excluding hydrogens is 423 g/mol. The van der Waals surface area contributed by atoms with Crippen molar-refractivity contribution in [1.29, 1.82) is 0 Å². The molecule has 0 aliphatic carbocycles. The molecule has 26 heavy (non-hydrogen) atoms. The molecule has 0 saturated carbocycles. The number of nitrogens with one attached hydrogen (secondary N) is 1. The standard InChI is InChI=1S/C14H22Cl2N4O4S2/c1-7(2)6-8(18-13(22)24-14(3,4)5)10(21)20-26(17,23)11-9(15)19-12(16)25-11/h7-8H,6H2,1-5H3,(H,18,22)(H2,17,20,21,23)/t8-,26?/m0/s1. The van der Waals surface area contributed by atoms with E-state index < -0.39 is 33.6 Å². The van der Waals surface area contributed by atoms with Crippen LogP contribution in [0, 0.1) is 5.92 Å². The van der Waals surface area contributed by atoms with E-state index in [4.69, 9.17) is 33.1 Å². The van der Waals surface area contributed by atoms with Crippen molar-refractivity contribution in [3.8, 4) is 0 Å². The van der Waals surface area contributed by atoms with Crippen molar-refractivity contribution in [1.82, 2.24) is 10.3 Å². The molecule has 0 aliphatic rings. The van der Waals surface area contributed by atoms with Crippen LogP contribution in [-0.4, -0.2) is 32.8 Å². The number of halogens is 2. The average molecular weight is 445 g/mol. The number of hydrogen-bond donors (Lipinski definition) is 2. The molecule has 0 saturated heterocycles. The quantitative estimate of drug-likeness (QED) is 0.717. The van der Waals surface area contributed by atoms with E-state index in [9.17, 15) is 13.8 Å². The number of aromatic nitrogens is 1. The van der Waals surface area contributed by atoms with Gasteiger partial charge in [-0.2, -0.15) is 0 Å².